The predicted octanol–water partition coefficient (Wildman–Crippen LogP) is 7.71. The van der Waals surface area contributed by atoms with Gasteiger partial charge in [0.15, 0.2) is 6.23 Å². The Morgan fingerprint density at radius 1 is 0.639 bits per heavy atom. The summed E-state index contributed by atoms with van der Waals surface area (Å²) >= 11 is 1.82. The van der Waals surface area contributed by atoms with Crippen LogP contribution in [0.15, 0.2) is 108 Å². The van der Waals surface area contributed by atoms with Crippen LogP contribution in [0.2, 0.25) is 0 Å². The van der Waals surface area contributed by atoms with Crippen molar-refractivity contribution in [2.45, 2.75) is 6.23 Å². The van der Waals surface area contributed by atoms with Crippen molar-refractivity contribution < 1.29 is 5.11 Å². The monoisotopic (exact) mass is 481 g/mol. The summed E-state index contributed by atoms with van der Waals surface area (Å²) in [6.45, 7) is 0. The summed E-state index contributed by atoms with van der Waals surface area (Å²) in [5.74, 6) is 0. The molecule has 2 aromatic heterocycles. The van der Waals surface area contributed by atoms with Gasteiger partial charge in [-0.3, -0.25) is 9.36 Å². The van der Waals surface area contributed by atoms with Crippen LogP contribution in [-0.2, 0) is 0 Å². The van der Waals surface area contributed by atoms with E-state index in [1.165, 1.54) is 25.7 Å². The van der Waals surface area contributed by atoms with Gasteiger partial charge in [0.25, 0.3) is 5.56 Å². The number of nitrogens with zero attached hydrogens (tertiary/aromatic N) is 1. The standard InChI is InChI=1S/C32H19NO2S/c34-31-24-11-3-1-8-20(24)26-16-18(17-27-21-9-2-4-12-25(21)32(35)33(31)29(26)27)19-13-7-14-23-22-10-5-6-15-28(22)36-30(19)23/h1-17,31,34H. The van der Waals surface area contributed by atoms with Crippen molar-refractivity contribution >= 4 is 53.2 Å². The molecule has 0 saturated heterocycles. The van der Waals surface area contributed by atoms with Crippen LogP contribution < -0.4 is 5.56 Å². The number of fused-ring (bicyclic) bond motifs is 7. The highest BCUT2D eigenvalue weighted by Crippen LogP contribution is 2.46. The molecule has 0 amide bonds. The molecule has 4 heteroatoms. The molecule has 0 spiro atoms. The zero-order chi connectivity index (χ0) is 24.0. The number of aromatic nitrogens is 1. The summed E-state index contributed by atoms with van der Waals surface area (Å²) in [6.07, 6.45) is -1.02. The molecular weight excluding hydrogens is 462 g/mol. The van der Waals surface area contributed by atoms with E-state index in [1.54, 1.807) is 4.57 Å². The van der Waals surface area contributed by atoms with E-state index in [-0.39, 0.29) is 5.56 Å². The lowest BCUT2D eigenvalue weighted by molar-refractivity contribution is 0.147. The zero-order valence-electron chi connectivity index (χ0n) is 19.1. The van der Waals surface area contributed by atoms with E-state index in [4.69, 9.17) is 0 Å². The Balaban J connectivity index is 1.57. The summed E-state index contributed by atoms with van der Waals surface area (Å²) in [4.78, 5) is 13.6. The number of aliphatic hydroxyl groups excluding tert-OH is 1. The molecule has 0 radical (unpaired) electrons. The quantitative estimate of drug-likeness (QED) is 0.244. The predicted molar refractivity (Wildman–Crippen MR) is 150 cm³/mol. The number of hydrogen-bond acceptors (Lipinski definition) is 3. The second kappa shape index (κ2) is 7.14. The molecule has 1 aliphatic heterocycles. The Labute approximate surface area is 210 Å². The van der Waals surface area contributed by atoms with E-state index in [1.807, 2.05) is 59.9 Å². The van der Waals surface area contributed by atoms with Gasteiger partial charge in [-0.1, -0.05) is 78.9 Å². The van der Waals surface area contributed by atoms with Crippen LogP contribution in [0.5, 0.6) is 0 Å². The van der Waals surface area contributed by atoms with Crippen LogP contribution in [0.4, 0.5) is 0 Å². The van der Waals surface area contributed by atoms with Gasteiger partial charge in [0.1, 0.15) is 0 Å². The maximum absolute atomic E-state index is 13.6. The van der Waals surface area contributed by atoms with Crippen molar-refractivity contribution in [1.29, 1.82) is 0 Å². The van der Waals surface area contributed by atoms with E-state index in [0.717, 1.165) is 38.5 Å². The van der Waals surface area contributed by atoms with Crippen molar-refractivity contribution in [3.05, 3.63) is 119 Å². The van der Waals surface area contributed by atoms with Crippen LogP contribution in [0.3, 0.4) is 0 Å². The molecule has 0 bridgehead atoms. The molecule has 36 heavy (non-hydrogen) atoms. The smallest absolute Gasteiger partial charge is 0.261 e. The van der Waals surface area contributed by atoms with Gasteiger partial charge in [-0.2, -0.15) is 0 Å². The number of rotatable bonds is 1. The molecule has 5 aromatic carbocycles. The van der Waals surface area contributed by atoms with Gasteiger partial charge in [0.05, 0.1) is 5.52 Å². The summed E-state index contributed by atoms with van der Waals surface area (Å²) in [5.41, 5.74) is 5.60. The van der Waals surface area contributed by atoms with Gasteiger partial charge in [-0.05, 0) is 46.3 Å². The number of hydrogen-bond donors (Lipinski definition) is 1. The van der Waals surface area contributed by atoms with Crippen molar-refractivity contribution in [2.75, 3.05) is 0 Å². The van der Waals surface area contributed by atoms with Gasteiger partial charge in [-0.25, -0.2) is 0 Å². The molecule has 7 aromatic rings. The highest BCUT2D eigenvalue weighted by molar-refractivity contribution is 7.26. The third kappa shape index (κ3) is 2.52. The average Bonchev–Trinajstić information content (AvgIpc) is 3.31. The van der Waals surface area contributed by atoms with Crippen LogP contribution in [0.1, 0.15) is 11.8 Å². The van der Waals surface area contributed by atoms with Crippen LogP contribution in [0, 0.1) is 0 Å². The Morgan fingerprint density at radius 3 is 2.22 bits per heavy atom. The van der Waals surface area contributed by atoms with E-state index in [9.17, 15) is 9.90 Å². The van der Waals surface area contributed by atoms with Crippen molar-refractivity contribution in [2.24, 2.45) is 0 Å². The highest BCUT2D eigenvalue weighted by atomic mass is 32.1. The molecule has 1 aliphatic rings. The minimum atomic E-state index is -1.02. The van der Waals surface area contributed by atoms with Crippen LogP contribution in [0.25, 0.3) is 64.1 Å². The van der Waals surface area contributed by atoms with Crippen LogP contribution >= 0.6 is 11.3 Å². The molecular formula is C32H19NO2S. The lowest BCUT2D eigenvalue weighted by Crippen LogP contribution is -2.29. The van der Waals surface area contributed by atoms with Crippen LogP contribution in [-0.4, -0.2) is 9.67 Å². The lowest BCUT2D eigenvalue weighted by atomic mass is 9.88. The third-order valence-corrected chi connectivity index (χ3v) is 8.73. The maximum Gasteiger partial charge on any atom is 0.261 e. The first kappa shape index (κ1) is 20.0. The molecule has 0 saturated carbocycles. The minimum absolute atomic E-state index is 0.166. The molecule has 0 fully saturated rings. The van der Waals surface area contributed by atoms with Crippen molar-refractivity contribution in [3.63, 3.8) is 0 Å². The lowest BCUT2D eigenvalue weighted by Gasteiger charge is -2.28. The van der Waals surface area contributed by atoms with Gasteiger partial charge >= 0.3 is 0 Å². The van der Waals surface area contributed by atoms with E-state index >= 15 is 0 Å². The summed E-state index contributed by atoms with van der Waals surface area (Å²) in [6, 6.07) is 35.0. The van der Waals surface area contributed by atoms with E-state index < -0.39 is 6.23 Å². The number of thiophene rings is 1. The fourth-order valence-electron chi connectivity index (χ4n) is 5.91. The normalized spacial score (nSPS) is 14.6. The zero-order valence-corrected chi connectivity index (χ0v) is 19.9. The molecule has 1 N–H and O–H groups in total. The van der Waals surface area contributed by atoms with E-state index in [2.05, 4.69) is 54.6 Å². The number of aliphatic hydroxyl groups is 1. The Morgan fingerprint density at radius 2 is 1.33 bits per heavy atom. The molecule has 1 atom stereocenters. The van der Waals surface area contributed by atoms with Gasteiger partial charge < -0.3 is 5.11 Å². The first-order chi connectivity index (χ1) is 17.7. The Hall–Kier alpha value is -4.25. The first-order valence-electron chi connectivity index (χ1n) is 12.0. The summed E-state index contributed by atoms with van der Waals surface area (Å²) in [7, 11) is 0. The third-order valence-electron chi connectivity index (χ3n) is 7.51. The molecule has 0 aliphatic carbocycles. The summed E-state index contributed by atoms with van der Waals surface area (Å²) < 4.78 is 4.10. The van der Waals surface area contributed by atoms with E-state index in [0.29, 0.717) is 5.39 Å². The first-order valence-corrected chi connectivity index (χ1v) is 12.8. The second-order valence-corrected chi connectivity index (χ2v) is 10.4. The van der Waals surface area contributed by atoms with Gasteiger partial charge in [-0.15, -0.1) is 11.3 Å². The fourth-order valence-corrected chi connectivity index (χ4v) is 7.15. The molecule has 170 valence electrons. The van der Waals surface area contributed by atoms with Crippen molar-refractivity contribution in [1.82, 2.24) is 4.57 Å². The highest BCUT2D eigenvalue weighted by Gasteiger charge is 2.28. The Kier molecular flexibility index (Phi) is 3.96. The molecule has 3 nitrogen and oxygen atoms in total. The molecule has 3 heterocycles. The average molecular weight is 482 g/mol. The van der Waals surface area contributed by atoms with Gasteiger partial charge in [0.2, 0.25) is 0 Å². The van der Waals surface area contributed by atoms with Gasteiger partial charge in [0, 0.05) is 42.1 Å². The largest absolute Gasteiger partial charge is 0.369 e. The minimum Gasteiger partial charge on any atom is -0.369 e. The molecule has 1 unspecified atom stereocenters. The maximum atomic E-state index is 13.6. The number of pyridine rings is 1. The summed E-state index contributed by atoms with van der Waals surface area (Å²) in [5, 5.41) is 16.4. The molecule has 8 rings (SSSR count). The van der Waals surface area contributed by atoms with Crippen molar-refractivity contribution in [3.8, 4) is 22.3 Å². The SMILES string of the molecule is O=c1c2ccccc2c2cc(-c3cccc4c3sc3ccccc34)cc3c2n1C(O)c1ccccc1-3. The number of benzene rings is 5. The second-order valence-electron chi connectivity index (χ2n) is 9.38. The Bertz CT molecular complexity index is 2100. The fraction of sp³-hybridized carbons (Fsp3) is 0.0312. The topological polar surface area (TPSA) is 42.2 Å².